The van der Waals surface area contributed by atoms with Crippen molar-refractivity contribution < 1.29 is 9.18 Å². The molecule has 4 heteroatoms. The van der Waals surface area contributed by atoms with Crippen molar-refractivity contribution >= 4 is 17.5 Å². The van der Waals surface area contributed by atoms with Crippen molar-refractivity contribution in [2.24, 2.45) is 5.41 Å². The second kappa shape index (κ2) is 6.90. The third kappa shape index (κ3) is 3.93. The van der Waals surface area contributed by atoms with Crippen molar-refractivity contribution in [3.8, 4) is 0 Å². The number of nitrogens with one attached hydrogen (secondary N) is 1. The van der Waals surface area contributed by atoms with Crippen molar-refractivity contribution in [2.75, 3.05) is 12.4 Å². The molecule has 0 bridgehead atoms. The first-order valence-electron chi connectivity index (χ1n) is 6.58. The van der Waals surface area contributed by atoms with Crippen molar-refractivity contribution in [3.63, 3.8) is 0 Å². The van der Waals surface area contributed by atoms with Crippen LogP contribution in [0.5, 0.6) is 0 Å². The molecule has 0 fully saturated rings. The van der Waals surface area contributed by atoms with E-state index in [1.807, 2.05) is 0 Å². The number of hydrogen-bond acceptors (Lipinski definition) is 1. The molecule has 0 aromatic heterocycles. The van der Waals surface area contributed by atoms with Crippen LogP contribution in [0.4, 0.5) is 4.39 Å². The van der Waals surface area contributed by atoms with E-state index in [0.29, 0.717) is 23.6 Å². The zero-order valence-electron chi connectivity index (χ0n) is 11.7. The fraction of sp³-hybridized carbons (Fsp3) is 0.533. The highest BCUT2D eigenvalue weighted by atomic mass is 35.5. The molecule has 0 aliphatic carbocycles. The molecular formula is C15H21ClFNO. The molecule has 1 aromatic carbocycles. The first-order valence-corrected chi connectivity index (χ1v) is 7.11. The molecule has 0 aliphatic heterocycles. The lowest BCUT2D eigenvalue weighted by molar-refractivity contribution is 0.0931. The summed E-state index contributed by atoms with van der Waals surface area (Å²) in [4.78, 5) is 12.0. The largest absolute Gasteiger partial charge is 0.351 e. The molecule has 1 N–H and O–H groups in total. The fourth-order valence-corrected chi connectivity index (χ4v) is 2.31. The van der Waals surface area contributed by atoms with Gasteiger partial charge in [-0.05, 0) is 37.5 Å². The van der Waals surface area contributed by atoms with Gasteiger partial charge in [0.25, 0.3) is 5.91 Å². The Morgan fingerprint density at radius 3 is 2.47 bits per heavy atom. The maximum Gasteiger partial charge on any atom is 0.251 e. The molecule has 1 aromatic rings. The minimum Gasteiger partial charge on any atom is -0.351 e. The summed E-state index contributed by atoms with van der Waals surface area (Å²) in [6, 6.07) is 4.51. The number of carbonyl (C=O) groups excluding carboxylic acids is 1. The molecule has 0 heterocycles. The van der Waals surface area contributed by atoms with Crippen LogP contribution < -0.4 is 5.32 Å². The minimum atomic E-state index is -0.359. The van der Waals surface area contributed by atoms with Crippen LogP contribution >= 0.6 is 11.6 Å². The van der Waals surface area contributed by atoms with E-state index in [1.54, 1.807) is 19.1 Å². The average molecular weight is 286 g/mol. The Kier molecular flexibility index (Phi) is 5.80. The van der Waals surface area contributed by atoms with Gasteiger partial charge in [-0.25, -0.2) is 4.39 Å². The zero-order valence-corrected chi connectivity index (χ0v) is 12.5. The van der Waals surface area contributed by atoms with Crippen molar-refractivity contribution in [1.29, 1.82) is 0 Å². The highest BCUT2D eigenvalue weighted by Gasteiger charge is 2.25. The van der Waals surface area contributed by atoms with Gasteiger partial charge in [0.1, 0.15) is 5.82 Å². The van der Waals surface area contributed by atoms with Crippen LogP contribution in [-0.4, -0.2) is 18.3 Å². The molecule has 0 saturated carbocycles. The monoisotopic (exact) mass is 285 g/mol. The number of rotatable bonds is 6. The third-order valence-corrected chi connectivity index (χ3v) is 4.41. The molecule has 106 valence electrons. The number of aryl methyl sites for hydroxylation is 1. The Morgan fingerprint density at radius 2 is 2.00 bits per heavy atom. The van der Waals surface area contributed by atoms with Crippen molar-refractivity contribution in [2.45, 2.75) is 33.6 Å². The van der Waals surface area contributed by atoms with Gasteiger partial charge in [0.15, 0.2) is 0 Å². The van der Waals surface area contributed by atoms with E-state index in [0.717, 1.165) is 12.8 Å². The number of amides is 1. The summed E-state index contributed by atoms with van der Waals surface area (Å²) in [7, 11) is 0. The Labute approximate surface area is 119 Å². The van der Waals surface area contributed by atoms with Gasteiger partial charge in [0, 0.05) is 23.4 Å². The van der Waals surface area contributed by atoms with Crippen LogP contribution in [0.3, 0.4) is 0 Å². The second-order valence-corrected chi connectivity index (χ2v) is 5.25. The van der Waals surface area contributed by atoms with Crippen LogP contribution in [0.15, 0.2) is 18.2 Å². The van der Waals surface area contributed by atoms with Gasteiger partial charge < -0.3 is 5.32 Å². The summed E-state index contributed by atoms with van der Waals surface area (Å²) in [5, 5.41) is 2.85. The summed E-state index contributed by atoms with van der Waals surface area (Å²) < 4.78 is 13.4. The third-order valence-electron chi connectivity index (χ3n) is 3.84. The molecule has 2 nitrogen and oxygen atoms in total. The van der Waals surface area contributed by atoms with E-state index in [2.05, 4.69) is 19.2 Å². The molecule has 0 atom stereocenters. The van der Waals surface area contributed by atoms with Crippen LogP contribution in [0.2, 0.25) is 0 Å². The topological polar surface area (TPSA) is 29.1 Å². The first kappa shape index (κ1) is 16.0. The maximum atomic E-state index is 13.4. The van der Waals surface area contributed by atoms with Gasteiger partial charge in [-0.2, -0.15) is 0 Å². The summed E-state index contributed by atoms with van der Waals surface area (Å²) in [6.07, 6.45) is 1.80. The average Bonchev–Trinajstić information content (AvgIpc) is 2.43. The molecular weight excluding hydrogens is 265 g/mol. The van der Waals surface area contributed by atoms with E-state index < -0.39 is 0 Å². The maximum absolute atomic E-state index is 13.4. The SMILES string of the molecule is CCC(CC)(CCl)CNC(=O)c1ccc(C)c(F)c1. The van der Waals surface area contributed by atoms with Gasteiger partial charge in [-0.15, -0.1) is 11.6 Å². The normalized spacial score (nSPS) is 11.4. The molecule has 0 radical (unpaired) electrons. The van der Waals surface area contributed by atoms with Crippen LogP contribution in [0, 0.1) is 18.2 Å². The second-order valence-electron chi connectivity index (χ2n) is 4.99. The van der Waals surface area contributed by atoms with Crippen LogP contribution in [0.25, 0.3) is 0 Å². The highest BCUT2D eigenvalue weighted by molar-refractivity contribution is 6.18. The Bertz CT molecular complexity index is 436. The first-order chi connectivity index (χ1) is 8.98. The Hall–Kier alpha value is -1.09. The molecule has 1 rings (SSSR count). The number of hydrogen-bond donors (Lipinski definition) is 1. The van der Waals surface area contributed by atoms with E-state index in [4.69, 9.17) is 11.6 Å². The van der Waals surface area contributed by atoms with Gasteiger partial charge in [0.2, 0.25) is 0 Å². The van der Waals surface area contributed by atoms with Gasteiger partial charge in [0.05, 0.1) is 0 Å². The van der Waals surface area contributed by atoms with Gasteiger partial charge >= 0.3 is 0 Å². The van der Waals surface area contributed by atoms with Crippen LogP contribution in [-0.2, 0) is 0 Å². The van der Waals surface area contributed by atoms with Crippen molar-refractivity contribution in [1.82, 2.24) is 5.32 Å². The molecule has 0 spiro atoms. The van der Waals surface area contributed by atoms with E-state index >= 15 is 0 Å². The summed E-state index contributed by atoms with van der Waals surface area (Å²) in [5.41, 5.74) is 0.799. The molecule has 1 amide bonds. The smallest absolute Gasteiger partial charge is 0.251 e. The zero-order chi connectivity index (χ0) is 14.5. The summed E-state index contributed by atoms with van der Waals surface area (Å²) >= 11 is 5.99. The minimum absolute atomic E-state index is 0.0829. The number of alkyl halides is 1. The van der Waals surface area contributed by atoms with E-state index in [-0.39, 0.29) is 17.1 Å². The number of carbonyl (C=O) groups is 1. The summed E-state index contributed by atoms with van der Waals surface area (Å²) in [6.45, 7) is 6.30. The highest BCUT2D eigenvalue weighted by Crippen LogP contribution is 2.27. The molecule has 0 unspecified atom stereocenters. The van der Waals surface area contributed by atoms with Gasteiger partial charge in [-0.3, -0.25) is 4.79 Å². The van der Waals surface area contributed by atoms with Crippen molar-refractivity contribution in [3.05, 3.63) is 35.1 Å². The lowest BCUT2D eigenvalue weighted by Crippen LogP contribution is -2.38. The van der Waals surface area contributed by atoms with Crippen LogP contribution in [0.1, 0.15) is 42.6 Å². The lowest BCUT2D eigenvalue weighted by atomic mass is 9.84. The van der Waals surface area contributed by atoms with E-state index in [9.17, 15) is 9.18 Å². The standard InChI is InChI=1S/C15H21ClFNO/c1-4-15(5-2,9-16)10-18-14(19)12-7-6-11(3)13(17)8-12/h6-8H,4-5,9-10H2,1-3H3,(H,18,19). The molecule has 0 saturated heterocycles. The van der Waals surface area contributed by atoms with E-state index in [1.165, 1.54) is 6.07 Å². The summed E-state index contributed by atoms with van der Waals surface area (Å²) in [5.74, 6) is -0.111. The molecule has 0 aliphatic rings. The Balaban J connectivity index is 2.72. The Morgan fingerprint density at radius 1 is 1.37 bits per heavy atom. The van der Waals surface area contributed by atoms with Gasteiger partial charge in [-0.1, -0.05) is 19.9 Å². The predicted octanol–water partition coefficient (Wildman–Crippen LogP) is 3.91. The number of benzene rings is 1. The molecule has 19 heavy (non-hydrogen) atoms. The quantitative estimate of drug-likeness (QED) is 0.789. The fourth-order valence-electron chi connectivity index (χ4n) is 1.84. The number of halogens is 2. The lowest BCUT2D eigenvalue weighted by Gasteiger charge is -2.29. The predicted molar refractivity (Wildman–Crippen MR) is 77.2 cm³/mol.